The zero-order chi connectivity index (χ0) is 23.2. The van der Waals surface area contributed by atoms with E-state index in [0.717, 1.165) is 25.7 Å². The molecule has 6 nitrogen and oxygen atoms in total. The van der Waals surface area contributed by atoms with Crippen LogP contribution < -0.4 is 10.1 Å². The molecule has 1 aliphatic heterocycles. The summed E-state index contributed by atoms with van der Waals surface area (Å²) in [6.07, 6.45) is 4.32. The SMILES string of the molecule is COc1ccccc1C(=O)N1CCN(C(C(=O)NCc2ccccc2F)C2CCCC2)CC1. The first-order valence-electron chi connectivity index (χ1n) is 11.8. The van der Waals surface area contributed by atoms with E-state index >= 15 is 0 Å². The van der Waals surface area contributed by atoms with Gasteiger partial charge in [-0.05, 0) is 37.0 Å². The molecule has 2 aromatic carbocycles. The van der Waals surface area contributed by atoms with Crippen molar-refractivity contribution < 1.29 is 18.7 Å². The van der Waals surface area contributed by atoms with Crippen LogP contribution in [0.3, 0.4) is 0 Å². The fraction of sp³-hybridized carbons (Fsp3) is 0.462. The molecule has 2 aliphatic rings. The van der Waals surface area contributed by atoms with E-state index in [1.807, 2.05) is 17.0 Å². The van der Waals surface area contributed by atoms with Crippen molar-refractivity contribution in [1.29, 1.82) is 0 Å². The summed E-state index contributed by atoms with van der Waals surface area (Å²) in [5.74, 6) is 0.463. The van der Waals surface area contributed by atoms with Crippen LogP contribution in [-0.2, 0) is 11.3 Å². The van der Waals surface area contributed by atoms with Crippen molar-refractivity contribution in [2.45, 2.75) is 38.3 Å². The highest BCUT2D eigenvalue weighted by Crippen LogP contribution is 2.31. The zero-order valence-electron chi connectivity index (χ0n) is 19.1. The van der Waals surface area contributed by atoms with Crippen molar-refractivity contribution in [2.24, 2.45) is 5.92 Å². The van der Waals surface area contributed by atoms with E-state index in [2.05, 4.69) is 10.2 Å². The number of rotatable bonds is 7. The standard InChI is InChI=1S/C26H32FN3O3/c1-33-23-13-7-5-11-21(23)26(32)30-16-14-29(15-17-30)24(19-8-2-3-9-19)25(31)28-18-20-10-4-6-12-22(20)27/h4-7,10-13,19,24H,2-3,8-9,14-18H2,1H3,(H,28,31). The Morgan fingerprint density at radius 1 is 1.03 bits per heavy atom. The fourth-order valence-electron chi connectivity index (χ4n) is 5.07. The number of carbonyl (C=O) groups excluding carboxylic acids is 2. The van der Waals surface area contributed by atoms with Gasteiger partial charge in [0.15, 0.2) is 0 Å². The van der Waals surface area contributed by atoms with Crippen LogP contribution in [0.5, 0.6) is 5.75 Å². The molecule has 0 radical (unpaired) electrons. The van der Waals surface area contributed by atoms with Gasteiger partial charge in [-0.2, -0.15) is 0 Å². The fourth-order valence-corrected chi connectivity index (χ4v) is 5.07. The Morgan fingerprint density at radius 3 is 2.39 bits per heavy atom. The van der Waals surface area contributed by atoms with Crippen molar-refractivity contribution >= 4 is 11.8 Å². The van der Waals surface area contributed by atoms with Gasteiger partial charge >= 0.3 is 0 Å². The number of methoxy groups -OCH3 is 1. The van der Waals surface area contributed by atoms with Crippen molar-refractivity contribution in [3.63, 3.8) is 0 Å². The van der Waals surface area contributed by atoms with Gasteiger partial charge < -0.3 is 15.0 Å². The lowest BCUT2D eigenvalue weighted by atomic mass is 9.94. The molecular weight excluding hydrogens is 421 g/mol. The summed E-state index contributed by atoms with van der Waals surface area (Å²) in [5.41, 5.74) is 1.05. The maximum Gasteiger partial charge on any atom is 0.257 e. The molecule has 176 valence electrons. The van der Waals surface area contributed by atoms with Crippen molar-refractivity contribution in [3.05, 3.63) is 65.5 Å². The van der Waals surface area contributed by atoms with Crippen LogP contribution in [0.1, 0.15) is 41.6 Å². The molecule has 0 bridgehead atoms. The lowest BCUT2D eigenvalue weighted by Crippen LogP contribution is -2.57. The molecule has 33 heavy (non-hydrogen) atoms. The lowest BCUT2D eigenvalue weighted by Gasteiger charge is -2.40. The predicted molar refractivity (Wildman–Crippen MR) is 124 cm³/mol. The molecule has 1 unspecified atom stereocenters. The third-order valence-electron chi connectivity index (χ3n) is 6.86. The van der Waals surface area contributed by atoms with Crippen LogP contribution >= 0.6 is 0 Å². The Labute approximate surface area is 194 Å². The minimum Gasteiger partial charge on any atom is -0.496 e. The number of benzene rings is 2. The van der Waals surface area contributed by atoms with Gasteiger partial charge in [-0.3, -0.25) is 14.5 Å². The second kappa shape index (κ2) is 10.8. The number of hydrogen-bond acceptors (Lipinski definition) is 4. The molecule has 0 spiro atoms. The highest BCUT2D eigenvalue weighted by Gasteiger charge is 2.37. The van der Waals surface area contributed by atoms with E-state index in [0.29, 0.717) is 49.0 Å². The van der Waals surface area contributed by atoms with Crippen molar-refractivity contribution in [3.8, 4) is 5.75 Å². The molecule has 1 N–H and O–H groups in total. The van der Waals surface area contributed by atoms with E-state index in [9.17, 15) is 14.0 Å². The summed E-state index contributed by atoms with van der Waals surface area (Å²) >= 11 is 0. The molecule has 1 saturated carbocycles. The minimum atomic E-state index is -0.307. The van der Waals surface area contributed by atoms with E-state index in [-0.39, 0.29) is 30.2 Å². The number of ether oxygens (including phenoxy) is 1. The highest BCUT2D eigenvalue weighted by molar-refractivity contribution is 5.97. The van der Waals surface area contributed by atoms with Crippen molar-refractivity contribution in [2.75, 3.05) is 33.3 Å². The number of piperazine rings is 1. The summed E-state index contributed by atoms with van der Waals surface area (Å²) in [6, 6.07) is 13.5. The summed E-state index contributed by atoms with van der Waals surface area (Å²) in [7, 11) is 1.57. The van der Waals surface area contributed by atoms with Crippen LogP contribution in [0, 0.1) is 11.7 Å². The largest absolute Gasteiger partial charge is 0.496 e. The van der Waals surface area contributed by atoms with Crippen LogP contribution in [0.2, 0.25) is 0 Å². The summed E-state index contributed by atoms with van der Waals surface area (Å²) in [4.78, 5) is 30.3. The molecule has 2 aromatic rings. The third kappa shape index (κ3) is 5.36. The summed E-state index contributed by atoms with van der Waals surface area (Å²) in [6.45, 7) is 2.56. The topological polar surface area (TPSA) is 61.9 Å². The molecule has 7 heteroatoms. The number of para-hydroxylation sites is 1. The maximum atomic E-state index is 14.0. The lowest BCUT2D eigenvalue weighted by molar-refractivity contribution is -0.129. The van der Waals surface area contributed by atoms with Gasteiger partial charge in [0.2, 0.25) is 5.91 Å². The smallest absolute Gasteiger partial charge is 0.257 e. The second-order valence-corrected chi connectivity index (χ2v) is 8.83. The Hall–Kier alpha value is -2.93. The third-order valence-corrected chi connectivity index (χ3v) is 6.86. The van der Waals surface area contributed by atoms with Crippen LogP contribution in [0.4, 0.5) is 4.39 Å². The molecule has 1 heterocycles. The molecule has 2 amide bonds. The number of carbonyl (C=O) groups is 2. The molecule has 1 aliphatic carbocycles. The quantitative estimate of drug-likeness (QED) is 0.698. The summed E-state index contributed by atoms with van der Waals surface area (Å²) < 4.78 is 19.4. The number of halogens is 1. The van der Waals surface area contributed by atoms with Gasteiger partial charge in [0.1, 0.15) is 11.6 Å². The molecule has 0 aromatic heterocycles. The van der Waals surface area contributed by atoms with Gasteiger partial charge in [-0.15, -0.1) is 0 Å². The predicted octanol–water partition coefficient (Wildman–Crippen LogP) is 3.47. The van der Waals surface area contributed by atoms with Crippen LogP contribution in [0.25, 0.3) is 0 Å². The molecule has 1 atom stereocenters. The zero-order valence-corrected chi connectivity index (χ0v) is 19.1. The number of nitrogens with one attached hydrogen (secondary N) is 1. The Morgan fingerprint density at radius 2 is 1.70 bits per heavy atom. The van der Waals surface area contributed by atoms with Crippen LogP contribution in [-0.4, -0.2) is 60.9 Å². The number of nitrogens with zero attached hydrogens (tertiary/aromatic N) is 2. The Kier molecular flexibility index (Phi) is 7.60. The average Bonchev–Trinajstić information content (AvgIpc) is 3.38. The van der Waals surface area contributed by atoms with E-state index < -0.39 is 0 Å². The van der Waals surface area contributed by atoms with Crippen molar-refractivity contribution in [1.82, 2.24) is 15.1 Å². The number of hydrogen-bond donors (Lipinski definition) is 1. The van der Waals surface area contributed by atoms with E-state index in [4.69, 9.17) is 4.74 Å². The summed E-state index contributed by atoms with van der Waals surface area (Å²) in [5, 5.41) is 2.97. The Bertz CT molecular complexity index is 969. The first kappa shape index (κ1) is 23.2. The van der Waals surface area contributed by atoms with Gasteiger partial charge in [-0.1, -0.05) is 43.2 Å². The number of amides is 2. The molecule has 4 rings (SSSR count). The Balaban J connectivity index is 1.41. The van der Waals surface area contributed by atoms with Gasteiger partial charge in [-0.25, -0.2) is 4.39 Å². The van der Waals surface area contributed by atoms with Gasteiger partial charge in [0.05, 0.1) is 18.7 Å². The minimum absolute atomic E-state index is 0.0466. The maximum absolute atomic E-state index is 14.0. The normalized spacial score (nSPS) is 18.2. The average molecular weight is 454 g/mol. The second-order valence-electron chi connectivity index (χ2n) is 8.83. The van der Waals surface area contributed by atoms with E-state index in [1.54, 1.807) is 37.4 Å². The van der Waals surface area contributed by atoms with Crippen LogP contribution in [0.15, 0.2) is 48.5 Å². The molecule has 2 fully saturated rings. The van der Waals surface area contributed by atoms with Gasteiger partial charge in [0.25, 0.3) is 5.91 Å². The molecule has 1 saturated heterocycles. The van der Waals surface area contributed by atoms with Gasteiger partial charge in [0, 0.05) is 38.3 Å². The molecular formula is C26H32FN3O3. The van der Waals surface area contributed by atoms with E-state index in [1.165, 1.54) is 6.07 Å². The highest BCUT2D eigenvalue weighted by atomic mass is 19.1. The first-order valence-corrected chi connectivity index (χ1v) is 11.8. The first-order chi connectivity index (χ1) is 16.1. The monoisotopic (exact) mass is 453 g/mol.